The van der Waals surface area contributed by atoms with E-state index >= 15 is 4.79 Å². The maximum atomic E-state index is 15.0. The standard InChI is InChI=1S/C44H46N4O5.ClH/c1-52-37-18-19-38(43(50)47-30-32-10-6-5-9-31(32)27-35(47)20-22-45-23-25-53-26-24-45)39(28-37)42-29-40(41-13-7-8-21-46(41)42)44(51)48(33-11-3-2-4-12-33)34-14-16-36(49)17-15-34;/h2-6,9-12,14-19,28-29,35,49H,7-8,13,20-27,30H2,1H3;1H/t35-;/m1./s1. The number of fused-ring (bicyclic) bond motifs is 2. The molecule has 1 atom stereocenters. The summed E-state index contributed by atoms with van der Waals surface area (Å²) < 4.78 is 13.6. The van der Waals surface area contributed by atoms with Crippen LogP contribution in [-0.4, -0.2) is 77.3 Å². The van der Waals surface area contributed by atoms with Crippen LogP contribution < -0.4 is 9.64 Å². The Balaban J connectivity index is 0.00000450. The zero-order chi connectivity index (χ0) is 36.3. The van der Waals surface area contributed by atoms with Gasteiger partial charge in [-0.3, -0.25) is 19.4 Å². The molecule has 0 spiro atoms. The second-order valence-electron chi connectivity index (χ2n) is 14.2. The second kappa shape index (κ2) is 16.5. The van der Waals surface area contributed by atoms with Gasteiger partial charge in [0.1, 0.15) is 11.5 Å². The predicted octanol–water partition coefficient (Wildman–Crippen LogP) is 7.90. The normalized spacial score (nSPS) is 16.8. The third-order valence-corrected chi connectivity index (χ3v) is 11.0. The number of rotatable bonds is 9. The molecule has 8 rings (SSSR count). The van der Waals surface area contributed by atoms with Crippen molar-refractivity contribution in [3.63, 3.8) is 0 Å². The number of carbonyl (C=O) groups is 2. The van der Waals surface area contributed by atoms with Crippen molar-refractivity contribution in [2.24, 2.45) is 0 Å². The highest BCUT2D eigenvalue weighted by Crippen LogP contribution is 2.38. The van der Waals surface area contributed by atoms with Crippen LogP contribution in [-0.2, 0) is 30.7 Å². The van der Waals surface area contributed by atoms with Gasteiger partial charge in [0.2, 0.25) is 0 Å². The lowest BCUT2D eigenvalue weighted by Gasteiger charge is -2.39. The van der Waals surface area contributed by atoms with Crippen molar-refractivity contribution < 1.29 is 24.2 Å². The van der Waals surface area contributed by atoms with Crippen molar-refractivity contribution >= 4 is 35.6 Å². The molecule has 4 heterocycles. The largest absolute Gasteiger partial charge is 0.508 e. The molecule has 2 amide bonds. The van der Waals surface area contributed by atoms with E-state index in [1.807, 2.05) is 54.6 Å². The molecule has 54 heavy (non-hydrogen) atoms. The van der Waals surface area contributed by atoms with E-state index in [2.05, 4.69) is 38.6 Å². The average Bonchev–Trinajstić information content (AvgIpc) is 3.60. The number of hydrogen-bond acceptors (Lipinski definition) is 6. The number of amides is 2. The summed E-state index contributed by atoms with van der Waals surface area (Å²) in [6.45, 7) is 5.51. The van der Waals surface area contributed by atoms with Gasteiger partial charge in [0.25, 0.3) is 11.8 Å². The third-order valence-electron chi connectivity index (χ3n) is 11.0. The highest BCUT2D eigenvalue weighted by atomic mass is 35.5. The number of methoxy groups -OCH3 is 1. The zero-order valence-corrected chi connectivity index (χ0v) is 31.5. The van der Waals surface area contributed by atoms with Crippen LogP contribution in [0.25, 0.3) is 11.3 Å². The molecule has 5 aromatic rings. The predicted molar refractivity (Wildman–Crippen MR) is 213 cm³/mol. The van der Waals surface area contributed by atoms with Crippen molar-refractivity contribution in [3.05, 3.63) is 131 Å². The molecule has 280 valence electrons. The fraction of sp³-hybridized carbons (Fsp3) is 0.318. The number of morpholine rings is 1. The molecule has 3 aliphatic rings. The Bertz CT molecular complexity index is 2090. The molecule has 1 saturated heterocycles. The van der Waals surface area contributed by atoms with Gasteiger partial charge in [-0.15, -0.1) is 12.4 Å². The number of aromatic hydroxyl groups is 1. The molecule has 1 N–H and O–H groups in total. The van der Waals surface area contributed by atoms with Crippen molar-refractivity contribution in [2.75, 3.05) is 44.9 Å². The monoisotopic (exact) mass is 746 g/mol. The molecule has 0 aliphatic carbocycles. The molecule has 10 heteroatoms. The maximum Gasteiger partial charge on any atom is 0.264 e. The van der Waals surface area contributed by atoms with E-state index in [0.29, 0.717) is 29.1 Å². The summed E-state index contributed by atoms with van der Waals surface area (Å²) >= 11 is 0. The number of aromatic nitrogens is 1. The first-order valence-electron chi connectivity index (χ1n) is 18.8. The molecular weight excluding hydrogens is 700 g/mol. The number of para-hydroxylation sites is 1. The maximum absolute atomic E-state index is 15.0. The fourth-order valence-corrected chi connectivity index (χ4v) is 8.21. The van der Waals surface area contributed by atoms with Gasteiger partial charge in [-0.25, -0.2) is 0 Å². The Kier molecular flexibility index (Phi) is 11.4. The van der Waals surface area contributed by atoms with E-state index in [4.69, 9.17) is 9.47 Å². The van der Waals surface area contributed by atoms with Gasteiger partial charge in [-0.1, -0.05) is 42.5 Å². The zero-order valence-electron chi connectivity index (χ0n) is 30.7. The number of hydrogen-bond donors (Lipinski definition) is 1. The summed E-state index contributed by atoms with van der Waals surface area (Å²) in [6.07, 6.45) is 4.37. The van der Waals surface area contributed by atoms with E-state index in [1.54, 1.807) is 36.3 Å². The van der Waals surface area contributed by atoms with Crippen LogP contribution in [0.1, 0.15) is 56.8 Å². The van der Waals surface area contributed by atoms with Crippen molar-refractivity contribution in [1.29, 1.82) is 0 Å². The number of nitrogens with zero attached hydrogens (tertiary/aromatic N) is 4. The number of benzene rings is 4. The number of ether oxygens (including phenoxy) is 2. The van der Waals surface area contributed by atoms with Crippen LogP contribution >= 0.6 is 12.4 Å². The highest BCUT2D eigenvalue weighted by Gasteiger charge is 2.34. The Morgan fingerprint density at radius 3 is 2.31 bits per heavy atom. The van der Waals surface area contributed by atoms with E-state index in [1.165, 1.54) is 11.1 Å². The Morgan fingerprint density at radius 2 is 1.56 bits per heavy atom. The summed E-state index contributed by atoms with van der Waals surface area (Å²) in [5.74, 6) is 0.607. The van der Waals surface area contributed by atoms with Crippen molar-refractivity contribution in [1.82, 2.24) is 14.4 Å². The average molecular weight is 747 g/mol. The molecule has 9 nitrogen and oxygen atoms in total. The van der Waals surface area contributed by atoms with Crippen LogP contribution in [0.4, 0.5) is 11.4 Å². The van der Waals surface area contributed by atoms with Gasteiger partial charge in [0, 0.05) is 72.7 Å². The summed E-state index contributed by atoms with van der Waals surface area (Å²) in [5.41, 5.74) is 7.64. The van der Waals surface area contributed by atoms with Crippen LogP contribution in [0.2, 0.25) is 0 Å². The topological polar surface area (TPSA) is 87.5 Å². The minimum absolute atomic E-state index is 0. The number of anilines is 2. The second-order valence-corrected chi connectivity index (χ2v) is 14.2. The molecule has 0 bridgehead atoms. The molecule has 0 radical (unpaired) electrons. The number of phenolic OH excluding ortho intramolecular Hbond substituents is 1. The molecule has 0 unspecified atom stereocenters. The van der Waals surface area contributed by atoms with Crippen LogP contribution in [0.15, 0.2) is 103 Å². The van der Waals surface area contributed by atoms with Gasteiger partial charge < -0.3 is 24.0 Å². The first-order valence-corrected chi connectivity index (χ1v) is 18.8. The molecule has 0 saturated carbocycles. The lowest BCUT2D eigenvalue weighted by atomic mass is 9.90. The van der Waals surface area contributed by atoms with Gasteiger partial charge in [0.05, 0.1) is 25.9 Å². The van der Waals surface area contributed by atoms with Crippen molar-refractivity contribution in [3.8, 4) is 22.8 Å². The SMILES string of the molecule is COc1ccc(C(=O)N2Cc3ccccc3C[C@H]2CCN2CCOCC2)c(-c2cc(C(=O)N(c3ccccc3)c3ccc(O)cc3)c3n2CCCC3)c1.Cl. The molecule has 3 aliphatic heterocycles. The molecule has 1 aromatic heterocycles. The molecule has 1 fully saturated rings. The van der Waals surface area contributed by atoms with Gasteiger partial charge in [-0.2, -0.15) is 0 Å². The van der Waals surface area contributed by atoms with Gasteiger partial charge in [-0.05, 0) is 104 Å². The van der Waals surface area contributed by atoms with E-state index in [9.17, 15) is 9.90 Å². The third kappa shape index (κ3) is 7.49. The first-order chi connectivity index (χ1) is 26.0. The lowest BCUT2D eigenvalue weighted by Crippen LogP contribution is -2.47. The first kappa shape index (κ1) is 37.2. The van der Waals surface area contributed by atoms with Crippen molar-refractivity contribution in [2.45, 2.75) is 51.2 Å². The van der Waals surface area contributed by atoms with Crippen LogP contribution in [0.5, 0.6) is 11.5 Å². The van der Waals surface area contributed by atoms with Gasteiger partial charge in [0.15, 0.2) is 0 Å². The molecule has 4 aromatic carbocycles. The van der Waals surface area contributed by atoms with E-state index in [0.717, 1.165) is 94.1 Å². The minimum Gasteiger partial charge on any atom is -0.508 e. The quantitative estimate of drug-likeness (QED) is 0.165. The number of phenols is 1. The molecular formula is C44H47ClN4O5. The number of carbonyl (C=O) groups excluding carboxylic acids is 2. The van der Waals surface area contributed by atoms with Crippen LogP contribution in [0, 0.1) is 0 Å². The Labute approximate surface area is 323 Å². The minimum atomic E-state index is -0.162. The van der Waals surface area contributed by atoms with Crippen LogP contribution in [0.3, 0.4) is 0 Å². The summed E-state index contributed by atoms with van der Waals surface area (Å²) in [5, 5.41) is 10.1. The summed E-state index contributed by atoms with van der Waals surface area (Å²) in [7, 11) is 1.64. The summed E-state index contributed by atoms with van der Waals surface area (Å²) in [4.78, 5) is 36.1. The van der Waals surface area contributed by atoms with E-state index < -0.39 is 0 Å². The lowest BCUT2D eigenvalue weighted by molar-refractivity contribution is 0.0308. The highest BCUT2D eigenvalue weighted by molar-refractivity contribution is 6.12. The number of halogens is 1. The van der Waals surface area contributed by atoms with Gasteiger partial charge >= 0.3 is 0 Å². The Morgan fingerprint density at radius 1 is 0.833 bits per heavy atom. The van der Waals surface area contributed by atoms with E-state index in [-0.39, 0.29) is 36.0 Å². The Hall–Kier alpha value is -5.09. The summed E-state index contributed by atoms with van der Waals surface area (Å²) in [6, 6.07) is 32.5. The smallest absolute Gasteiger partial charge is 0.264 e. The fourth-order valence-electron chi connectivity index (χ4n) is 8.21.